The highest BCUT2D eigenvalue weighted by atomic mass is 35.5. The molecule has 0 spiro atoms. The van der Waals surface area contributed by atoms with Crippen molar-refractivity contribution in [3.8, 4) is 11.8 Å². The first kappa shape index (κ1) is 27.1. The van der Waals surface area contributed by atoms with Crippen molar-refractivity contribution in [1.82, 2.24) is 19.4 Å². The summed E-state index contributed by atoms with van der Waals surface area (Å²) in [4.78, 5) is 8.79. The number of sulfonamides is 2. The molecular formula is C23H22Cl2N6O4S2. The van der Waals surface area contributed by atoms with E-state index in [1.165, 1.54) is 30.3 Å². The summed E-state index contributed by atoms with van der Waals surface area (Å²) in [5.41, 5.74) is 1.02. The molecule has 1 aliphatic rings. The van der Waals surface area contributed by atoms with Gasteiger partial charge in [-0.1, -0.05) is 47.2 Å². The largest absolute Gasteiger partial charge is 0.369 e. The van der Waals surface area contributed by atoms with Crippen LogP contribution in [-0.4, -0.2) is 46.4 Å². The highest BCUT2D eigenvalue weighted by Crippen LogP contribution is 2.28. The summed E-state index contributed by atoms with van der Waals surface area (Å²) in [7, 11) is -7.49. The van der Waals surface area contributed by atoms with E-state index < -0.39 is 20.0 Å². The van der Waals surface area contributed by atoms with Crippen LogP contribution in [0.2, 0.25) is 10.0 Å². The molecule has 4 bridgehead atoms. The first-order valence-electron chi connectivity index (χ1n) is 11.1. The Balaban J connectivity index is 1.47. The number of rotatable bonds is 4. The molecule has 1 aromatic heterocycles. The third-order valence-electron chi connectivity index (χ3n) is 5.10. The first-order valence-corrected chi connectivity index (χ1v) is 14.8. The van der Waals surface area contributed by atoms with Crippen LogP contribution in [0.15, 0.2) is 58.5 Å². The normalized spacial score (nSPS) is 15.0. The number of aromatic nitrogens is 2. The van der Waals surface area contributed by atoms with Gasteiger partial charge in [0, 0.05) is 31.7 Å². The summed E-state index contributed by atoms with van der Waals surface area (Å²) in [6, 6.07) is 10.7. The van der Waals surface area contributed by atoms with Gasteiger partial charge in [-0.15, -0.1) is 0 Å². The minimum atomic E-state index is -3.85. The molecule has 0 saturated carbocycles. The van der Waals surface area contributed by atoms with Gasteiger partial charge >= 0.3 is 0 Å². The molecule has 1 aliphatic heterocycles. The second kappa shape index (κ2) is 11.6. The molecule has 37 heavy (non-hydrogen) atoms. The van der Waals surface area contributed by atoms with Crippen LogP contribution in [-0.2, 0) is 20.0 Å². The quantitative estimate of drug-likeness (QED) is 0.272. The Hall–Kier alpha value is -2.92. The van der Waals surface area contributed by atoms with Gasteiger partial charge in [0.2, 0.25) is 26.0 Å². The fourth-order valence-corrected chi connectivity index (χ4v) is 6.21. The van der Waals surface area contributed by atoms with Crippen LogP contribution in [0.3, 0.4) is 0 Å². The van der Waals surface area contributed by atoms with Crippen molar-refractivity contribution in [2.75, 3.05) is 30.3 Å². The number of fused-ring (bicyclic) bond motifs is 4. The Morgan fingerprint density at radius 2 is 1.92 bits per heavy atom. The fraction of sp³-hybridized carbons (Fsp3) is 0.217. The molecule has 4 rings (SSSR count). The van der Waals surface area contributed by atoms with Crippen LogP contribution < -0.4 is 20.1 Å². The number of anilines is 3. The molecule has 3 aromatic rings. The maximum Gasteiger partial charge on any atom is 0.242 e. The lowest BCUT2D eigenvalue weighted by molar-refractivity contribution is 0.579. The zero-order valence-corrected chi connectivity index (χ0v) is 22.4. The minimum absolute atomic E-state index is 0.0424. The predicted octanol–water partition coefficient (Wildman–Crippen LogP) is 3.34. The fourth-order valence-electron chi connectivity index (χ4n) is 3.30. The summed E-state index contributed by atoms with van der Waals surface area (Å²) in [5.74, 6) is 6.60. The van der Waals surface area contributed by atoms with Crippen molar-refractivity contribution >= 4 is 60.7 Å². The zero-order chi connectivity index (χ0) is 26.5. The molecule has 0 atom stereocenters. The monoisotopic (exact) mass is 580 g/mol. The van der Waals surface area contributed by atoms with Gasteiger partial charge in [-0.05, 0) is 36.8 Å². The SMILES string of the molecule is O=S1(=O)NCCCNc2nc(ncc2C#CCCNS(=O)(=O)c2cccc(Cl)c2Cl)Nc2cccc1c2. The predicted molar refractivity (Wildman–Crippen MR) is 143 cm³/mol. The van der Waals surface area contributed by atoms with Crippen LogP contribution >= 0.6 is 23.2 Å². The summed E-state index contributed by atoms with van der Waals surface area (Å²) in [6.45, 7) is 0.728. The molecule has 10 nitrogen and oxygen atoms in total. The Morgan fingerprint density at radius 1 is 1.11 bits per heavy atom. The Labute approximate surface area is 225 Å². The second-order valence-electron chi connectivity index (χ2n) is 7.79. The van der Waals surface area contributed by atoms with Gasteiger partial charge < -0.3 is 10.6 Å². The van der Waals surface area contributed by atoms with Gasteiger partial charge in [-0.25, -0.2) is 31.3 Å². The Kier molecular flexibility index (Phi) is 8.53. The van der Waals surface area contributed by atoms with E-state index in [-0.39, 0.29) is 45.3 Å². The molecule has 4 N–H and O–H groups in total. The van der Waals surface area contributed by atoms with Crippen molar-refractivity contribution in [3.05, 3.63) is 64.3 Å². The maximum absolute atomic E-state index is 12.5. The van der Waals surface area contributed by atoms with Crippen molar-refractivity contribution in [2.45, 2.75) is 22.6 Å². The van der Waals surface area contributed by atoms with E-state index in [4.69, 9.17) is 23.2 Å². The van der Waals surface area contributed by atoms with Gasteiger partial charge in [0.05, 0.1) is 26.7 Å². The zero-order valence-electron chi connectivity index (χ0n) is 19.3. The number of nitrogens with one attached hydrogen (secondary N) is 4. The Morgan fingerprint density at radius 3 is 2.76 bits per heavy atom. The number of benzene rings is 2. The third kappa shape index (κ3) is 6.89. The van der Waals surface area contributed by atoms with Gasteiger partial charge in [-0.2, -0.15) is 4.98 Å². The van der Waals surface area contributed by atoms with E-state index in [0.29, 0.717) is 30.0 Å². The van der Waals surface area contributed by atoms with Crippen molar-refractivity contribution in [3.63, 3.8) is 0 Å². The molecule has 194 valence electrons. The van der Waals surface area contributed by atoms with Gasteiger partial charge in [-0.3, -0.25) is 0 Å². The van der Waals surface area contributed by atoms with Crippen LogP contribution in [0.25, 0.3) is 0 Å². The maximum atomic E-state index is 12.5. The third-order valence-corrected chi connectivity index (χ3v) is 8.99. The highest BCUT2D eigenvalue weighted by molar-refractivity contribution is 7.89. The minimum Gasteiger partial charge on any atom is -0.369 e. The van der Waals surface area contributed by atoms with Gasteiger partial charge in [0.15, 0.2) is 0 Å². The van der Waals surface area contributed by atoms with E-state index >= 15 is 0 Å². The van der Waals surface area contributed by atoms with Crippen LogP contribution in [0, 0.1) is 11.8 Å². The average molecular weight is 582 g/mol. The molecule has 0 aliphatic carbocycles. The van der Waals surface area contributed by atoms with Crippen molar-refractivity contribution in [2.24, 2.45) is 0 Å². The standard InChI is InChI=1S/C23H22Cl2N6O4S2/c24-19-9-4-10-20(21(19)25)37(34,35)29-12-2-1-6-16-15-27-23-30-17-7-3-8-18(14-17)36(32,33)28-13-5-11-26-22(16)31-23/h3-4,7-10,14-15,28-29H,2,5,11-13H2,(H2,26,27,30,31). The highest BCUT2D eigenvalue weighted by Gasteiger charge is 2.19. The number of hydrogen-bond acceptors (Lipinski definition) is 8. The van der Waals surface area contributed by atoms with Gasteiger partial charge in [0.1, 0.15) is 10.7 Å². The molecule has 0 saturated heterocycles. The molecular weight excluding hydrogens is 559 g/mol. The topological polar surface area (TPSA) is 142 Å². The molecule has 0 radical (unpaired) electrons. The lowest BCUT2D eigenvalue weighted by atomic mass is 10.2. The van der Waals surface area contributed by atoms with Crippen LogP contribution in [0.4, 0.5) is 17.5 Å². The summed E-state index contributed by atoms with van der Waals surface area (Å²) >= 11 is 11.9. The number of nitrogens with zero attached hydrogens (tertiary/aromatic N) is 2. The van der Waals surface area contributed by atoms with E-state index in [9.17, 15) is 16.8 Å². The molecule has 2 heterocycles. The van der Waals surface area contributed by atoms with Crippen LogP contribution in [0.5, 0.6) is 0 Å². The van der Waals surface area contributed by atoms with E-state index in [1.807, 2.05) is 0 Å². The lowest BCUT2D eigenvalue weighted by Gasteiger charge is -2.10. The molecule has 2 aromatic carbocycles. The Bertz CT molecular complexity index is 1590. The van der Waals surface area contributed by atoms with E-state index in [2.05, 4.69) is 41.9 Å². The summed E-state index contributed by atoms with van der Waals surface area (Å²) < 4.78 is 55.0. The smallest absolute Gasteiger partial charge is 0.242 e. The molecule has 0 fully saturated rings. The second-order valence-corrected chi connectivity index (χ2v) is 12.1. The summed E-state index contributed by atoms with van der Waals surface area (Å²) in [5, 5.41) is 6.27. The van der Waals surface area contributed by atoms with Gasteiger partial charge in [0.25, 0.3) is 0 Å². The molecule has 0 amide bonds. The average Bonchev–Trinajstić information content (AvgIpc) is 2.86. The molecule has 0 unspecified atom stereocenters. The summed E-state index contributed by atoms with van der Waals surface area (Å²) in [6.07, 6.45) is 2.26. The molecule has 14 heteroatoms. The van der Waals surface area contributed by atoms with E-state index in [1.54, 1.807) is 18.3 Å². The lowest BCUT2D eigenvalue weighted by Crippen LogP contribution is -2.26. The van der Waals surface area contributed by atoms with Crippen LogP contribution in [0.1, 0.15) is 18.4 Å². The first-order chi connectivity index (χ1) is 17.7. The van der Waals surface area contributed by atoms with Crippen molar-refractivity contribution in [1.29, 1.82) is 0 Å². The number of halogens is 2. The van der Waals surface area contributed by atoms with E-state index in [0.717, 1.165) is 0 Å². The number of hydrogen-bond donors (Lipinski definition) is 4. The van der Waals surface area contributed by atoms with Crippen molar-refractivity contribution < 1.29 is 16.8 Å².